The summed E-state index contributed by atoms with van der Waals surface area (Å²) in [5, 5.41) is 3.67. The molecule has 3 aromatic rings. The summed E-state index contributed by atoms with van der Waals surface area (Å²) in [5.74, 6) is 0.261. The lowest BCUT2D eigenvalue weighted by Gasteiger charge is -2.46. The number of halogens is 1. The van der Waals surface area contributed by atoms with Crippen molar-refractivity contribution in [1.82, 2.24) is 19.7 Å². The molecule has 1 aliphatic heterocycles. The summed E-state index contributed by atoms with van der Waals surface area (Å²) in [6.45, 7) is 14.5. The lowest BCUT2D eigenvalue weighted by atomic mass is 9.81. The molecule has 0 spiro atoms. The van der Waals surface area contributed by atoms with Gasteiger partial charge in [-0.05, 0) is 59.2 Å². The van der Waals surface area contributed by atoms with Crippen molar-refractivity contribution in [2.45, 2.75) is 78.5 Å². The van der Waals surface area contributed by atoms with Gasteiger partial charge in [-0.25, -0.2) is 14.4 Å². The van der Waals surface area contributed by atoms with E-state index in [1.807, 2.05) is 33.0 Å². The Kier molecular flexibility index (Phi) is 5.57. The van der Waals surface area contributed by atoms with Crippen LogP contribution in [0.3, 0.4) is 0 Å². The van der Waals surface area contributed by atoms with E-state index in [4.69, 9.17) is 4.74 Å². The normalized spacial score (nSPS) is 18.8. The van der Waals surface area contributed by atoms with Crippen LogP contribution in [0.4, 0.5) is 10.1 Å². The molecule has 4 heterocycles. The van der Waals surface area contributed by atoms with Gasteiger partial charge in [-0.3, -0.25) is 4.98 Å². The minimum Gasteiger partial charge on any atom is -0.477 e. The number of aryl methyl sites for hydroxylation is 2. The van der Waals surface area contributed by atoms with Crippen LogP contribution < -0.4 is 5.32 Å². The van der Waals surface area contributed by atoms with Gasteiger partial charge in [0.1, 0.15) is 6.10 Å². The second-order valence-corrected chi connectivity index (χ2v) is 10.2. The summed E-state index contributed by atoms with van der Waals surface area (Å²) in [4.78, 5) is 13.4. The van der Waals surface area contributed by atoms with Gasteiger partial charge < -0.3 is 14.5 Å². The molecule has 4 rings (SSSR count). The van der Waals surface area contributed by atoms with Gasteiger partial charge in [0.2, 0.25) is 0 Å². The van der Waals surface area contributed by atoms with Crippen molar-refractivity contribution in [2.75, 3.05) is 0 Å². The average molecular weight is 438 g/mol. The summed E-state index contributed by atoms with van der Waals surface area (Å²) in [6.07, 6.45) is 7.30. The summed E-state index contributed by atoms with van der Waals surface area (Å²) in [6, 6.07) is 3.40. The van der Waals surface area contributed by atoms with E-state index >= 15 is 0 Å². The number of ether oxygens (including phenoxy) is 1. The molecule has 0 radical (unpaired) electrons. The van der Waals surface area contributed by atoms with Gasteiger partial charge in [0.15, 0.2) is 17.4 Å². The zero-order chi connectivity index (χ0) is 23.3. The maximum absolute atomic E-state index is 14.5. The second kappa shape index (κ2) is 7.96. The number of rotatable bonds is 3. The molecule has 0 amide bonds. The fraction of sp³-hybridized carbons (Fsp3) is 0.480. The van der Waals surface area contributed by atoms with Crippen molar-refractivity contribution >= 4 is 17.2 Å². The van der Waals surface area contributed by atoms with Crippen LogP contribution >= 0.6 is 0 Å². The molecule has 1 aliphatic rings. The molecular weight excluding hydrogens is 405 g/mol. The lowest BCUT2D eigenvalue weighted by molar-refractivity contribution is 0.0478. The van der Waals surface area contributed by atoms with Gasteiger partial charge in [0, 0.05) is 48.8 Å². The van der Waals surface area contributed by atoms with Gasteiger partial charge in [-0.1, -0.05) is 0 Å². The third-order valence-corrected chi connectivity index (χ3v) is 5.77. The molecule has 32 heavy (non-hydrogen) atoms. The maximum Gasteiger partial charge on any atom is 0.185 e. The highest BCUT2D eigenvalue weighted by Crippen LogP contribution is 2.31. The number of hydrogen-bond acceptors (Lipinski definition) is 5. The predicted octanol–water partition coefficient (Wildman–Crippen LogP) is 5.53. The Labute approximate surface area is 189 Å². The van der Waals surface area contributed by atoms with Gasteiger partial charge in [0.25, 0.3) is 0 Å². The number of hydrogen-bond donors (Lipinski definition) is 1. The first kappa shape index (κ1) is 22.4. The molecule has 170 valence electrons. The molecule has 7 heteroatoms. The number of nitrogens with one attached hydrogen (secondary N) is 1. The Bertz CT molecular complexity index is 1180. The first-order valence-corrected chi connectivity index (χ1v) is 11.0. The second-order valence-electron chi connectivity index (χ2n) is 10.2. The van der Waals surface area contributed by atoms with E-state index < -0.39 is 0 Å². The van der Waals surface area contributed by atoms with Crippen LogP contribution in [0, 0.1) is 19.7 Å². The number of fused-ring (bicyclic) bond motifs is 1. The Balaban J connectivity index is 1.55. The van der Waals surface area contributed by atoms with Gasteiger partial charge in [-0.15, -0.1) is 0 Å². The van der Waals surface area contributed by atoms with E-state index in [-0.39, 0.29) is 23.0 Å². The Morgan fingerprint density at radius 3 is 2.50 bits per heavy atom. The molecule has 0 bridgehead atoms. The first-order chi connectivity index (χ1) is 14.9. The van der Waals surface area contributed by atoms with Gasteiger partial charge >= 0.3 is 0 Å². The highest BCUT2D eigenvalue weighted by Gasteiger charge is 2.38. The highest BCUT2D eigenvalue weighted by atomic mass is 19.1. The summed E-state index contributed by atoms with van der Waals surface area (Å²) >= 11 is 0. The first-order valence-electron chi connectivity index (χ1n) is 11.0. The van der Waals surface area contributed by atoms with Crippen molar-refractivity contribution in [3.05, 3.63) is 47.8 Å². The molecule has 0 aromatic carbocycles. The SMILES string of the molecule is CC(=Nc1cnc(-c2cc(F)c3nc(C)cn3c2)cc1C)OC1CC(C)(C)NC(C)(C)C1. The molecule has 1 N–H and O–H groups in total. The predicted molar refractivity (Wildman–Crippen MR) is 126 cm³/mol. The summed E-state index contributed by atoms with van der Waals surface area (Å²) in [7, 11) is 0. The van der Waals surface area contributed by atoms with Crippen LogP contribution in [0.1, 0.15) is 58.7 Å². The van der Waals surface area contributed by atoms with E-state index in [1.54, 1.807) is 16.8 Å². The number of pyridine rings is 2. The summed E-state index contributed by atoms with van der Waals surface area (Å²) in [5.41, 5.74) is 4.19. The van der Waals surface area contributed by atoms with Gasteiger partial charge in [-0.2, -0.15) is 0 Å². The minimum absolute atomic E-state index is 0.00989. The Morgan fingerprint density at radius 1 is 1.16 bits per heavy atom. The molecule has 0 saturated carbocycles. The van der Waals surface area contributed by atoms with Gasteiger partial charge in [0.05, 0.1) is 23.3 Å². The number of imidazole rings is 1. The molecule has 0 aliphatic carbocycles. The number of aliphatic imine (C=N–C) groups is 1. The number of piperidine rings is 1. The maximum atomic E-state index is 14.5. The van der Waals surface area contributed by atoms with Crippen LogP contribution in [0.5, 0.6) is 0 Å². The fourth-order valence-corrected chi connectivity index (χ4v) is 4.89. The van der Waals surface area contributed by atoms with E-state index in [0.29, 0.717) is 22.8 Å². The number of aromatic nitrogens is 3. The van der Waals surface area contributed by atoms with E-state index in [1.165, 1.54) is 6.07 Å². The van der Waals surface area contributed by atoms with Crippen LogP contribution in [0.25, 0.3) is 16.9 Å². The molecule has 1 fully saturated rings. The molecule has 6 nitrogen and oxygen atoms in total. The highest BCUT2D eigenvalue weighted by molar-refractivity contribution is 5.78. The standard InChI is InChI=1S/C25H32FN5O/c1-15-8-21(18-9-20(26)23-28-16(2)13-31(23)14-18)27-12-22(15)29-17(3)32-19-10-24(4,5)30-25(6,7)11-19/h8-9,12-14,19,30H,10-11H2,1-7H3. The third-order valence-electron chi connectivity index (χ3n) is 5.77. The van der Waals surface area contributed by atoms with Crippen LogP contribution in [0.15, 0.2) is 35.7 Å². The monoisotopic (exact) mass is 437 g/mol. The van der Waals surface area contributed by atoms with Crippen molar-refractivity contribution in [1.29, 1.82) is 0 Å². The van der Waals surface area contributed by atoms with E-state index in [0.717, 1.165) is 29.8 Å². The summed E-state index contributed by atoms with van der Waals surface area (Å²) < 4.78 is 22.4. The molecule has 3 aromatic heterocycles. The minimum atomic E-state index is -0.366. The Morgan fingerprint density at radius 2 is 1.84 bits per heavy atom. The third kappa shape index (κ3) is 4.83. The molecular formula is C25H32FN5O. The zero-order valence-corrected chi connectivity index (χ0v) is 20.0. The van der Waals surface area contributed by atoms with Crippen LogP contribution in [-0.2, 0) is 4.74 Å². The van der Waals surface area contributed by atoms with E-state index in [2.05, 4.69) is 48.0 Å². The van der Waals surface area contributed by atoms with Crippen molar-refractivity contribution in [3.63, 3.8) is 0 Å². The number of nitrogens with zero attached hydrogens (tertiary/aromatic N) is 4. The molecule has 0 unspecified atom stereocenters. The van der Waals surface area contributed by atoms with Crippen molar-refractivity contribution in [2.24, 2.45) is 4.99 Å². The Hall–Kier alpha value is -2.80. The molecule has 0 atom stereocenters. The molecule has 1 saturated heterocycles. The van der Waals surface area contributed by atoms with Crippen LogP contribution in [-0.4, -0.2) is 37.4 Å². The van der Waals surface area contributed by atoms with Crippen molar-refractivity contribution in [3.8, 4) is 11.3 Å². The van der Waals surface area contributed by atoms with Crippen LogP contribution in [0.2, 0.25) is 0 Å². The quantitative estimate of drug-likeness (QED) is 0.432. The average Bonchev–Trinajstić information content (AvgIpc) is 3.01. The fourth-order valence-electron chi connectivity index (χ4n) is 4.89. The van der Waals surface area contributed by atoms with E-state index in [9.17, 15) is 4.39 Å². The topological polar surface area (TPSA) is 63.8 Å². The van der Waals surface area contributed by atoms with Crippen molar-refractivity contribution < 1.29 is 9.13 Å². The largest absolute Gasteiger partial charge is 0.477 e. The smallest absolute Gasteiger partial charge is 0.185 e. The lowest BCUT2D eigenvalue weighted by Crippen LogP contribution is -2.59. The zero-order valence-electron chi connectivity index (χ0n) is 20.0.